The summed E-state index contributed by atoms with van der Waals surface area (Å²) in [6, 6.07) is 0. The molecule has 1 aliphatic heterocycles. The molecular formula is C18H25F2N3S. The third kappa shape index (κ3) is 2.65. The molecule has 0 aromatic carbocycles. The molecule has 6 heteroatoms. The highest BCUT2D eigenvalue weighted by atomic mass is 32.2. The zero-order valence-corrected chi connectivity index (χ0v) is 14.8. The fourth-order valence-corrected chi connectivity index (χ4v) is 6.07. The van der Waals surface area contributed by atoms with Crippen molar-refractivity contribution in [1.29, 1.82) is 0 Å². The average Bonchev–Trinajstić information content (AvgIpc) is 3.15. The first kappa shape index (κ1) is 15.5. The fourth-order valence-electron chi connectivity index (χ4n) is 5.13. The van der Waals surface area contributed by atoms with E-state index < -0.39 is 5.92 Å². The fraction of sp³-hybridized carbons (Fsp3) is 0.833. The largest absolute Gasteiger partial charge is 0.327 e. The van der Waals surface area contributed by atoms with E-state index in [1.54, 1.807) is 11.9 Å². The van der Waals surface area contributed by atoms with Gasteiger partial charge in [0.1, 0.15) is 0 Å². The van der Waals surface area contributed by atoms with Crippen molar-refractivity contribution < 1.29 is 8.78 Å². The Morgan fingerprint density at radius 3 is 2.50 bits per heavy atom. The lowest BCUT2D eigenvalue weighted by molar-refractivity contribution is -0.172. The van der Waals surface area contributed by atoms with E-state index in [1.807, 2.05) is 6.20 Å². The SMILES string of the molecule is FC1(F)CC2(CCC(SNc3cnn4c3CC3(CC4)CC3)CC2)C1. The van der Waals surface area contributed by atoms with Crippen LogP contribution in [0.4, 0.5) is 14.5 Å². The Morgan fingerprint density at radius 2 is 1.83 bits per heavy atom. The van der Waals surface area contributed by atoms with E-state index in [4.69, 9.17) is 0 Å². The monoisotopic (exact) mass is 353 g/mol. The molecule has 3 nitrogen and oxygen atoms in total. The molecule has 0 saturated heterocycles. The standard InChI is InChI=1S/C18H25F2N3S/c19-18(20)11-17(12-18)3-1-13(2-4-17)24-22-14-10-21-23-8-7-16(5-6-16)9-15(14)23/h10,13,22H,1-9,11-12H2. The molecular weight excluding hydrogens is 328 g/mol. The zero-order chi connectivity index (χ0) is 16.4. The zero-order valence-electron chi connectivity index (χ0n) is 14.0. The van der Waals surface area contributed by atoms with Gasteiger partial charge in [-0.25, -0.2) is 8.78 Å². The van der Waals surface area contributed by atoms with Gasteiger partial charge in [-0.05, 0) is 74.1 Å². The van der Waals surface area contributed by atoms with Gasteiger partial charge in [0.2, 0.25) is 5.92 Å². The van der Waals surface area contributed by atoms with Crippen molar-refractivity contribution in [2.45, 2.75) is 81.9 Å². The smallest absolute Gasteiger partial charge is 0.249 e. The Hall–Kier alpha value is -0.780. The van der Waals surface area contributed by atoms with Gasteiger partial charge < -0.3 is 4.72 Å². The maximum absolute atomic E-state index is 13.2. The second kappa shape index (κ2) is 5.12. The second-order valence-electron chi connectivity index (χ2n) is 8.78. The van der Waals surface area contributed by atoms with Gasteiger partial charge in [0, 0.05) is 24.6 Å². The normalized spacial score (nSPS) is 29.2. The highest BCUT2D eigenvalue weighted by Gasteiger charge is 2.56. The van der Waals surface area contributed by atoms with Crippen LogP contribution in [0, 0.1) is 10.8 Å². The summed E-state index contributed by atoms with van der Waals surface area (Å²) in [5.74, 6) is -2.38. The molecule has 4 aliphatic rings. The Labute approximate surface area is 146 Å². The number of hydrogen-bond donors (Lipinski definition) is 1. The third-order valence-corrected chi connectivity index (χ3v) is 8.04. The number of anilines is 1. The lowest BCUT2D eigenvalue weighted by Gasteiger charge is -2.51. The minimum atomic E-state index is -2.38. The predicted octanol–water partition coefficient (Wildman–Crippen LogP) is 5.03. The van der Waals surface area contributed by atoms with Crippen molar-refractivity contribution in [2.75, 3.05) is 4.72 Å². The van der Waals surface area contributed by atoms with Crippen LogP contribution in [-0.4, -0.2) is 21.0 Å². The molecule has 1 N–H and O–H groups in total. The van der Waals surface area contributed by atoms with Gasteiger partial charge in [0.05, 0.1) is 17.6 Å². The van der Waals surface area contributed by atoms with E-state index in [2.05, 4.69) is 14.5 Å². The van der Waals surface area contributed by atoms with Crippen LogP contribution in [-0.2, 0) is 13.0 Å². The lowest BCUT2D eigenvalue weighted by Crippen LogP contribution is -2.48. The molecule has 3 fully saturated rings. The molecule has 2 heterocycles. The summed E-state index contributed by atoms with van der Waals surface area (Å²) in [6.07, 6.45) is 11.5. The lowest BCUT2D eigenvalue weighted by atomic mass is 9.59. The van der Waals surface area contributed by atoms with Gasteiger partial charge in [-0.2, -0.15) is 5.10 Å². The molecule has 24 heavy (non-hydrogen) atoms. The first-order valence-corrected chi connectivity index (χ1v) is 10.2. The molecule has 3 saturated carbocycles. The van der Waals surface area contributed by atoms with E-state index in [0.717, 1.165) is 32.2 Å². The predicted molar refractivity (Wildman–Crippen MR) is 92.3 cm³/mol. The molecule has 3 aliphatic carbocycles. The van der Waals surface area contributed by atoms with Crippen molar-refractivity contribution in [3.05, 3.63) is 11.9 Å². The third-order valence-electron chi connectivity index (χ3n) is 6.90. The summed E-state index contributed by atoms with van der Waals surface area (Å²) in [5, 5.41) is 5.07. The molecule has 5 rings (SSSR count). The number of aromatic nitrogens is 2. The highest BCUT2D eigenvalue weighted by molar-refractivity contribution is 8.01. The number of nitrogens with zero attached hydrogens (tertiary/aromatic N) is 2. The Balaban J connectivity index is 1.16. The molecule has 2 spiro atoms. The van der Waals surface area contributed by atoms with Gasteiger partial charge in [0.15, 0.2) is 0 Å². The van der Waals surface area contributed by atoms with Crippen molar-refractivity contribution in [2.24, 2.45) is 10.8 Å². The summed E-state index contributed by atoms with van der Waals surface area (Å²) in [7, 11) is 0. The molecule has 0 amide bonds. The summed E-state index contributed by atoms with van der Waals surface area (Å²) >= 11 is 1.79. The Bertz CT molecular complexity index is 635. The summed E-state index contributed by atoms with van der Waals surface area (Å²) in [4.78, 5) is 0. The number of aryl methyl sites for hydroxylation is 1. The number of nitrogens with one attached hydrogen (secondary N) is 1. The van der Waals surface area contributed by atoms with Crippen molar-refractivity contribution in [3.63, 3.8) is 0 Å². The van der Waals surface area contributed by atoms with Crippen LogP contribution >= 0.6 is 11.9 Å². The number of rotatable bonds is 3. The van der Waals surface area contributed by atoms with Crippen LogP contribution in [0.25, 0.3) is 0 Å². The molecule has 132 valence electrons. The summed E-state index contributed by atoms with van der Waals surface area (Å²) in [6.45, 7) is 1.06. The maximum atomic E-state index is 13.2. The number of hydrogen-bond acceptors (Lipinski definition) is 3. The van der Waals surface area contributed by atoms with Crippen LogP contribution < -0.4 is 4.72 Å². The minimum Gasteiger partial charge on any atom is -0.327 e. The van der Waals surface area contributed by atoms with Crippen molar-refractivity contribution >= 4 is 17.6 Å². The average molecular weight is 353 g/mol. The highest BCUT2D eigenvalue weighted by Crippen LogP contribution is 2.60. The van der Waals surface area contributed by atoms with E-state index in [9.17, 15) is 8.78 Å². The summed E-state index contributed by atoms with van der Waals surface area (Å²) in [5.41, 5.74) is 3.11. The van der Waals surface area contributed by atoms with Gasteiger partial charge in [-0.15, -0.1) is 0 Å². The Kier molecular flexibility index (Phi) is 3.30. The van der Waals surface area contributed by atoms with E-state index in [-0.39, 0.29) is 18.3 Å². The van der Waals surface area contributed by atoms with E-state index in [0.29, 0.717) is 10.7 Å². The number of alkyl halides is 2. The number of halogens is 2. The molecule has 1 aromatic heterocycles. The minimum absolute atomic E-state index is 0.0320. The van der Waals surface area contributed by atoms with Crippen LogP contribution in [0.3, 0.4) is 0 Å². The van der Waals surface area contributed by atoms with Crippen LogP contribution in [0.15, 0.2) is 6.20 Å². The first-order chi connectivity index (χ1) is 11.5. The molecule has 1 aromatic rings. The van der Waals surface area contributed by atoms with Gasteiger partial charge in [0.25, 0.3) is 0 Å². The molecule has 0 unspecified atom stereocenters. The van der Waals surface area contributed by atoms with Crippen molar-refractivity contribution in [1.82, 2.24) is 9.78 Å². The topological polar surface area (TPSA) is 29.9 Å². The summed E-state index contributed by atoms with van der Waals surface area (Å²) < 4.78 is 32.1. The van der Waals surface area contributed by atoms with Gasteiger partial charge in [-0.3, -0.25) is 4.68 Å². The van der Waals surface area contributed by atoms with Gasteiger partial charge in [-0.1, -0.05) is 0 Å². The molecule has 0 atom stereocenters. The van der Waals surface area contributed by atoms with Crippen LogP contribution in [0.1, 0.15) is 63.5 Å². The first-order valence-electron chi connectivity index (χ1n) is 9.31. The van der Waals surface area contributed by atoms with E-state index in [1.165, 1.54) is 37.1 Å². The van der Waals surface area contributed by atoms with Crippen molar-refractivity contribution in [3.8, 4) is 0 Å². The second-order valence-corrected chi connectivity index (χ2v) is 9.89. The van der Waals surface area contributed by atoms with Crippen LogP contribution in [0.2, 0.25) is 0 Å². The quantitative estimate of drug-likeness (QED) is 0.773. The molecule has 0 radical (unpaired) electrons. The Morgan fingerprint density at radius 1 is 1.08 bits per heavy atom. The number of fused-ring (bicyclic) bond motifs is 1. The van der Waals surface area contributed by atoms with E-state index >= 15 is 0 Å². The van der Waals surface area contributed by atoms with Gasteiger partial charge >= 0.3 is 0 Å². The van der Waals surface area contributed by atoms with Crippen LogP contribution in [0.5, 0.6) is 0 Å². The maximum Gasteiger partial charge on any atom is 0.249 e. The molecule has 0 bridgehead atoms.